The Balaban J connectivity index is 1.47. The molecular formula is C27H29N3O5S. The molecule has 9 heteroatoms. The fourth-order valence-corrected chi connectivity index (χ4v) is 6.30. The molecule has 188 valence electrons. The van der Waals surface area contributed by atoms with Crippen LogP contribution in [0.4, 0.5) is 11.4 Å². The van der Waals surface area contributed by atoms with Crippen LogP contribution in [-0.2, 0) is 32.5 Å². The molecule has 0 spiro atoms. The maximum absolute atomic E-state index is 13.8. The second-order valence-corrected chi connectivity index (χ2v) is 10.7. The molecule has 36 heavy (non-hydrogen) atoms. The van der Waals surface area contributed by atoms with E-state index < -0.39 is 16.1 Å². The number of anilines is 2. The van der Waals surface area contributed by atoms with E-state index in [-0.39, 0.29) is 23.8 Å². The van der Waals surface area contributed by atoms with Gasteiger partial charge in [-0.25, -0.2) is 8.42 Å². The summed E-state index contributed by atoms with van der Waals surface area (Å²) < 4.78 is 39.5. The zero-order valence-corrected chi connectivity index (χ0v) is 20.9. The average molecular weight is 508 g/mol. The summed E-state index contributed by atoms with van der Waals surface area (Å²) in [5.74, 6) is 0.203. The van der Waals surface area contributed by atoms with Crippen molar-refractivity contribution in [1.29, 1.82) is 0 Å². The van der Waals surface area contributed by atoms with Gasteiger partial charge in [0.1, 0.15) is 11.8 Å². The molecule has 2 aliphatic rings. The molecule has 5 rings (SSSR count). The molecule has 1 saturated heterocycles. The molecule has 0 unspecified atom stereocenters. The van der Waals surface area contributed by atoms with Crippen LogP contribution in [0.15, 0.2) is 77.7 Å². The molecule has 8 nitrogen and oxygen atoms in total. The topological polar surface area (TPSA) is 88.2 Å². The monoisotopic (exact) mass is 507 g/mol. The fraction of sp³-hybridized carbons (Fsp3) is 0.296. The summed E-state index contributed by atoms with van der Waals surface area (Å²) in [7, 11) is -2.43. The molecule has 0 radical (unpaired) electrons. The maximum Gasteiger partial charge on any atom is 0.244 e. The molecule has 1 fully saturated rings. The highest BCUT2D eigenvalue weighted by atomic mass is 32.2. The number of rotatable bonds is 6. The Hall–Kier alpha value is -3.40. The van der Waals surface area contributed by atoms with Gasteiger partial charge in [-0.15, -0.1) is 0 Å². The molecule has 2 aliphatic heterocycles. The third kappa shape index (κ3) is 4.82. The number of hydrogen-bond donors (Lipinski definition) is 1. The normalized spacial score (nSPS) is 18.4. The van der Waals surface area contributed by atoms with Crippen molar-refractivity contribution in [1.82, 2.24) is 4.31 Å². The lowest BCUT2D eigenvalue weighted by molar-refractivity contribution is -0.120. The van der Waals surface area contributed by atoms with Crippen LogP contribution in [0.5, 0.6) is 5.75 Å². The molecule has 0 saturated carbocycles. The van der Waals surface area contributed by atoms with Gasteiger partial charge >= 0.3 is 0 Å². The van der Waals surface area contributed by atoms with E-state index in [2.05, 4.69) is 10.2 Å². The maximum atomic E-state index is 13.8. The number of carbonyl (C=O) groups is 1. The van der Waals surface area contributed by atoms with Gasteiger partial charge in [-0.05, 0) is 53.9 Å². The van der Waals surface area contributed by atoms with Crippen LogP contribution in [0.2, 0.25) is 0 Å². The lowest BCUT2D eigenvalue weighted by atomic mass is 9.95. The Bertz CT molecular complexity index is 1340. The van der Waals surface area contributed by atoms with Gasteiger partial charge in [-0.3, -0.25) is 4.79 Å². The van der Waals surface area contributed by atoms with E-state index in [0.29, 0.717) is 24.7 Å². The number of methoxy groups -OCH3 is 1. The van der Waals surface area contributed by atoms with E-state index in [0.717, 1.165) is 29.9 Å². The lowest BCUT2D eigenvalue weighted by Crippen LogP contribution is -2.50. The van der Waals surface area contributed by atoms with Crippen molar-refractivity contribution >= 4 is 27.3 Å². The van der Waals surface area contributed by atoms with Crippen LogP contribution >= 0.6 is 0 Å². The van der Waals surface area contributed by atoms with Gasteiger partial charge in [0.2, 0.25) is 15.9 Å². The Kier molecular flexibility index (Phi) is 6.95. The largest absolute Gasteiger partial charge is 0.497 e. The van der Waals surface area contributed by atoms with Crippen LogP contribution in [0.1, 0.15) is 11.1 Å². The van der Waals surface area contributed by atoms with E-state index in [1.165, 1.54) is 23.5 Å². The Morgan fingerprint density at radius 1 is 0.944 bits per heavy atom. The summed E-state index contributed by atoms with van der Waals surface area (Å²) in [6, 6.07) is 20.6. The highest BCUT2D eigenvalue weighted by Gasteiger charge is 2.40. The quantitative estimate of drug-likeness (QED) is 0.551. The van der Waals surface area contributed by atoms with Gasteiger partial charge < -0.3 is 19.7 Å². The minimum absolute atomic E-state index is 0.119. The van der Waals surface area contributed by atoms with E-state index in [1.807, 2.05) is 48.5 Å². The number of amides is 1. The third-order valence-electron chi connectivity index (χ3n) is 6.69. The summed E-state index contributed by atoms with van der Waals surface area (Å²) in [5, 5.41) is 3.03. The number of fused-ring (bicyclic) bond motifs is 1. The minimum Gasteiger partial charge on any atom is -0.497 e. The first-order valence-electron chi connectivity index (χ1n) is 11.9. The van der Waals surface area contributed by atoms with Crippen molar-refractivity contribution in [3.05, 3.63) is 83.9 Å². The standard InChI is InChI=1S/C27H29N3O5S/c1-34-22-10-12-23(13-11-22)36(32,33)30-19-21-7-3-2-6-20(21)18-26(30)27(31)28-24-8-4-5-9-25(24)29-14-16-35-17-15-29/h2-13,26H,14-19H2,1H3,(H,28,31)/t26-/m1/s1. The number of hydrogen-bond acceptors (Lipinski definition) is 6. The molecule has 1 atom stereocenters. The summed E-state index contributed by atoms with van der Waals surface area (Å²) in [5.41, 5.74) is 3.42. The summed E-state index contributed by atoms with van der Waals surface area (Å²) in [4.78, 5) is 16.0. The van der Waals surface area contributed by atoms with Crippen molar-refractivity contribution in [2.24, 2.45) is 0 Å². The zero-order chi connectivity index (χ0) is 25.1. The number of nitrogens with one attached hydrogen (secondary N) is 1. The van der Waals surface area contributed by atoms with E-state index >= 15 is 0 Å². The highest BCUT2D eigenvalue weighted by Crippen LogP contribution is 2.32. The smallest absolute Gasteiger partial charge is 0.244 e. The number of nitrogens with zero attached hydrogens (tertiary/aromatic N) is 2. The molecule has 3 aromatic carbocycles. The molecule has 1 amide bonds. The van der Waals surface area contributed by atoms with Gasteiger partial charge in [0.25, 0.3) is 0 Å². The first kappa shape index (κ1) is 24.3. The number of sulfonamides is 1. The predicted octanol–water partition coefficient (Wildman–Crippen LogP) is 3.29. The predicted molar refractivity (Wildman–Crippen MR) is 138 cm³/mol. The van der Waals surface area contributed by atoms with Crippen molar-refractivity contribution in [2.75, 3.05) is 43.6 Å². The minimum atomic E-state index is -3.96. The third-order valence-corrected chi connectivity index (χ3v) is 8.56. The van der Waals surface area contributed by atoms with Gasteiger partial charge in [-0.1, -0.05) is 36.4 Å². The molecule has 2 heterocycles. The summed E-state index contributed by atoms with van der Waals surface area (Å²) >= 11 is 0. The first-order chi connectivity index (χ1) is 17.5. The molecular weight excluding hydrogens is 478 g/mol. The van der Waals surface area contributed by atoms with Crippen molar-refractivity contribution in [3.63, 3.8) is 0 Å². The second-order valence-electron chi connectivity index (χ2n) is 8.82. The number of ether oxygens (including phenoxy) is 2. The van der Waals surface area contributed by atoms with E-state index in [1.54, 1.807) is 12.1 Å². The lowest BCUT2D eigenvalue weighted by Gasteiger charge is -2.35. The van der Waals surface area contributed by atoms with Gasteiger partial charge in [0, 0.05) is 19.6 Å². The van der Waals surface area contributed by atoms with Crippen molar-refractivity contribution in [3.8, 4) is 5.75 Å². The Labute approximate surface area is 211 Å². The molecule has 0 aromatic heterocycles. The van der Waals surface area contributed by atoms with Crippen LogP contribution < -0.4 is 15.0 Å². The molecule has 0 bridgehead atoms. The Morgan fingerprint density at radius 3 is 2.33 bits per heavy atom. The Morgan fingerprint density at radius 2 is 1.61 bits per heavy atom. The van der Waals surface area contributed by atoms with E-state index in [4.69, 9.17) is 9.47 Å². The SMILES string of the molecule is COc1ccc(S(=O)(=O)N2Cc3ccccc3C[C@@H]2C(=O)Nc2ccccc2N2CCOCC2)cc1. The second kappa shape index (κ2) is 10.3. The van der Waals surface area contributed by atoms with Crippen molar-refractivity contribution in [2.45, 2.75) is 23.9 Å². The zero-order valence-electron chi connectivity index (χ0n) is 20.1. The van der Waals surface area contributed by atoms with Crippen LogP contribution in [0, 0.1) is 0 Å². The highest BCUT2D eigenvalue weighted by molar-refractivity contribution is 7.89. The number of benzene rings is 3. The van der Waals surface area contributed by atoms with Crippen molar-refractivity contribution < 1.29 is 22.7 Å². The number of carbonyl (C=O) groups excluding carboxylic acids is 1. The number of para-hydroxylation sites is 2. The van der Waals surface area contributed by atoms with Gasteiger partial charge in [-0.2, -0.15) is 4.31 Å². The van der Waals surface area contributed by atoms with Gasteiger partial charge in [0.15, 0.2) is 0 Å². The van der Waals surface area contributed by atoms with Gasteiger partial charge in [0.05, 0.1) is 36.6 Å². The van der Waals surface area contributed by atoms with Crippen LogP contribution in [-0.4, -0.2) is 58.1 Å². The molecule has 3 aromatic rings. The molecule has 1 N–H and O–H groups in total. The molecule has 0 aliphatic carbocycles. The first-order valence-corrected chi connectivity index (χ1v) is 13.4. The van der Waals surface area contributed by atoms with E-state index in [9.17, 15) is 13.2 Å². The average Bonchev–Trinajstić information content (AvgIpc) is 2.93. The number of morpholine rings is 1. The van der Waals surface area contributed by atoms with Crippen LogP contribution in [0.3, 0.4) is 0 Å². The fourth-order valence-electron chi connectivity index (χ4n) is 4.73. The van der Waals surface area contributed by atoms with Crippen LogP contribution in [0.25, 0.3) is 0 Å². The summed E-state index contributed by atoms with van der Waals surface area (Å²) in [6.07, 6.45) is 0.289. The summed E-state index contributed by atoms with van der Waals surface area (Å²) in [6.45, 7) is 2.81.